The first-order chi connectivity index (χ1) is 12.5. The molecule has 0 saturated carbocycles. The number of furan rings is 1. The number of aryl methyl sites for hydroxylation is 1. The highest BCUT2D eigenvalue weighted by Crippen LogP contribution is 2.29. The number of nitrogens with one attached hydrogen (secondary N) is 1. The minimum Gasteiger partial charge on any atom is -0.495 e. The fourth-order valence-electron chi connectivity index (χ4n) is 2.41. The van der Waals surface area contributed by atoms with Crippen LogP contribution in [0.3, 0.4) is 0 Å². The molecule has 3 rings (SSSR count). The first-order valence-corrected chi connectivity index (χ1v) is 9.25. The van der Waals surface area contributed by atoms with Crippen LogP contribution in [0.4, 0.5) is 5.69 Å². The number of halogens is 1. The zero-order valence-corrected chi connectivity index (χ0v) is 15.9. The van der Waals surface area contributed by atoms with E-state index < -0.39 is 0 Å². The molecule has 2 aromatic heterocycles. The van der Waals surface area contributed by atoms with E-state index >= 15 is 0 Å². The molecule has 1 amide bonds. The van der Waals surface area contributed by atoms with Crippen LogP contribution < -0.4 is 10.1 Å². The summed E-state index contributed by atoms with van der Waals surface area (Å²) in [6, 6.07) is 8.58. The quantitative estimate of drug-likeness (QED) is 0.504. The molecule has 0 radical (unpaired) electrons. The number of carbonyl (C=O) groups excluding carboxylic acids is 1. The van der Waals surface area contributed by atoms with E-state index in [2.05, 4.69) is 15.3 Å². The maximum absolute atomic E-state index is 12.8. The van der Waals surface area contributed by atoms with Gasteiger partial charge in [-0.1, -0.05) is 11.6 Å². The molecule has 3 aromatic rings. The molecule has 26 heavy (non-hydrogen) atoms. The van der Waals surface area contributed by atoms with Crippen molar-refractivity contribution in [2.45, 2.75) is 11.9 Å². The van der Waals surface area contributed by atoms with Gasteiger partial charge in [0.15, 0.2) is 11.6 Å². The Morgan fingerprint density at radius 2 is 2.12 bits per heavy atom. The standard InChI is InChI=1S/C18H16ClN3O3S/c1-10-15(17(23)21-11-6-7-13(24-2)12(19)9-11)18(26-3)22-16(20-10)14-5-4-8-25-14/h4-9H,1-3H3,(H,21,23). The number of aromatic nitrogens is 2. The molecule has 0 aliphatic carbocycles. The summed E-state index contributed by atoms with van der Waals surface area (Å²) in [6.45, 7) is 1.77. The van der Waals surface area contributed by atoms with Gasteiger partial charge < -0.3 is 14.5 Å². The lowest BCUT2D eigenvalue weighted by Crippen LogP contribution is -2.17. The molecule has 2 heterocycles. The van der Waals surface area contributed by atoms with Crippen molar-refractivity contribution in [1.82, 2.24) is 9.97 Å². The molecule has 0 atom stereocenters. The third-order valence-electron chi connectivity index (χ3n) is 3.63. The summed E-state index contributed by atoms with van der Waals surface area (Å²) in [5.74, 6) is 1.23. The highest BCUT2D eigenvalue weighted by Gasteiger charge is 2.20. The second-order valence-corrected chi connectivity index (χ2v) is 6.50. The Bertz CT molecular complexity index is 945. The lowest BCUT2D eigenvalue weighted by Gasteiger charge is -2.12. The average molecular weight is 390 g/mol. The van der Waals surface area contributed by atoms with Crippen LogP contribution in [-0.2, 0) is 0 Å². The van der Waals surface area contributed by atoms with Gasteiger partial charge in [0.25, 0.3) is 5.91 Å². The van der Waals surface area contributed by atoms with Crippen LogP contribution in [0.2, 0.25) is 5.02 Å². The highest BCUT2D eigenvalue weighted by molar-refractivity contribution is 7.98. The molecule has 6 nitrogen and oxygen atoms in total. The van der Waals surface area contributed by atoms with Crippen molar-refractivity contribution in [2.75, 3.05) is 18.7 Å². The van der Waals surface area contributed by atoms with E-state index in [1.165, 1.54) is 18.9 Å². The number of carbonyl (C=O) groups is 1. The van der Waals surface area contributed by atoms with E-state index in [0.717, 1.165) is 0 Å². The summed E-state index contributed by atoms with van der Waals surface area (Å²) in [5, 5.41) is 3.81. The van der Waals surface area contributed by atoms with Crippen molar-refractivity contribution in [2.24, 2.45) is 0 Å². The molecule has 0 saturated heterocycles. The zero-order valence-electron chi connectivity index (χ0n) is 14.4. The SMILES string of the molecule is COc1ccc(NC(=O)c2c(C)nc(-c3ccco3)nc2SC)cc1Cl. The fourth-order valence-corrected chi connectivity index (χ4v) is 3.29. The molecular formula is C18H16ClN3O3S. The molecule has 1 N–H and O–H groups in total. The normalized spacial score (nSPS) is 10.6. The van der Waals surface area contributed by atoms with Gasteiger partial charge in [-0.05, 0) is 43.5 Å². The van der Waals surface area contributed by atoms with E-state index in [0.29, 0.717) is 44.3 Å². The van der Waals surface area contributed by atoms with Gasteiger partial charge in [-0.2, -0.15) is 0 Å². The van der Waals surface area contributed by atoms with Gasteiger partial charge >= 0.3 is 0 Å². The Hall–Kier alpha value is -2.51. The number of ether oxygens (including phenoxy) is 1. The van der Waals surface area contributed by atoms with E-state index in [1.54, 1.807) is 43.5 Å². The van der Waals surface area contributed by atoms with Crippen molar-refractivity contribution in [1.29, 1.82) is 0 Å². The highest BCUT2D eigenvalue weighted by atomic mass is 35.5. The van der Waals surface area contributed by atoms with Gasteiger partial charge in [-0.15, -0.1) is 11.8 Å². The molecule has 8 heteroatoms. The number of benzene rings is 1. The smallest absolute Gasteiger partial charge is 0.260 e. The van der Waals surface area contributed by atoms with Crippen LogP contribution in [0.15, 0.2) is 46.0 Å². The number of methoxy groups -OCH3 is 1. The second-order valence-electron chi connectivity index (χ2n) is 5.30. The topological polar surface area (TPSA) is 77.2 Å². The molecular weight excluding hydrogens is 374 g/mol. The van der Waals surface area contributed by atoms with Crippen LogP contribution >= 0.6 is 23.4 Å². The molecule has 0 spiro atoms. The molecule has 134 valence electrons. The Morgan fingerprint density at radius 3 is 2.73 bits per heavy atom. The Balaban J connectivity index is 1.93. The van der Waals surface area contributed by atoms with Crippen molar-refractivity contribution in [3.05, 3.63) is 52.9 Å². The fraction of sp³-hybridized carbons (Fsp3) is 0.167. The number of nitrogens with zero attached hydrogens (tertiary/aromatic N) is 2. The first-order valence-electron chi connectivity index (χ1n) is 7.65. The minimum absolute atomic E-state index is 0.306. The summed E-state index contributed by atoms with van der Waals surface area (Å²) in [5.41, 5.74) is 1.54. The van der Waals surface area contributed by atoms with Crippen molar-refractivity contribution in [3.63, 3.8) is 0 Å². The molecule has 0 unspecified atom stereocenters. The number of amides is 1. The molecule has 0 aliphatic rings. The number of rotatable bonds is 5. The Morgan fingerprint density at radius 1 is 1.31 bits per heavy atom. The van der Waals surface area contributed by atoms with E-state index in [9.17, 15) is 4.79 Å². The van der Waals surface area contributed by atoms with E-state index in [1.807, 2.05) is 6.26 Å². The van der Waals surface area contributed by atoms with Crippen molar-refractivity contribution >= 4 is 35.0 Å². The van der Waals surface area contributed by atoms with E-state index in [-0.39, 0.29) is 5.91 Å². The third kappa shape index (κ3) is 3.68. The van der Waals surface area contributed by atoms with Crippen molar-refractivity contribution < 1.29 is 13.9 Å². The summed E-state index contributed by atoms with van der Waals surface area (Å²) >= 11 is 7.48. The maximum Gasteiger partial charge on any atom is 0.260 e. The molecule has 0 fully saturated rings. The summed E-state index contributed by atoms with van der Waals surface area (Å²) in [7, 11) is 1.53. The number of hydrogen-bond donors (Lipinski definition) is 1. The second kappa shape index (κ2) is 7.80. The van der Waals surface area contributed by atoms with Gasteiger partial charge in [0.1, 0.15) is 10.8 Å². The summed E-state index contributed by atoms with van der Waals surface area (Å²) in [6.07, 6.45) is 3.41. The number of hydrogen-bond acceptors (Lipinski definition) is 6. The molecule has 0 aliphatic heterocycles. The van der Waals surface area contributed by atoms with Crippen molar-refractivity contribution in [3.8, 4) is 17.3 Å². The minimum atomic E-state index is -0.306. The van der Waals surface area contributed by atoms with Gasteiger partial charge in [0.05, 0.1) is 29.7 Å². The van der Waals surface area contributed by atoms with E-state index in [4.69, 9.17) is 20.8 Å². The third-order valence-corrected chi connectivity index (χ3v) is 4.61. The van der Waals surface area contributed by atoms with Crippen LogP contribution in [-0.4, -0.2) is 29.2 Å². The zero-order chi connectivity index (χ0) is 18.7. The predicted octanol–water partition coefficient (Wildman–Crippen LogP) is 4.68. The predicted molar refractivity (Wildman–Crippen MR) is 102 cm³/mol. The number of anilines is 1. The van der Waals surface area contributed by atoms with Crippen LogP contribution in [0.1, 0.15) is 16.1 Å². The largest absolute Gasteiger partial charge is 0.495 e. The summed E-state index contributed by atoms with van der Waals surface area (Å²) in [4.78, 5) is 21.6. The van der Waals surface area contributed by atoms with Crippen LogP contribution in [0.25, 0.3) is 11.6 Å². The summed E-state index contributed by atoms with van der Waals surface area (Å²) < 4.78 is 10.5. The number of thioether (sulfide) groups is 1. The van der Waals surface area contributed by atoms with Crippen LogP contribution in [0, 0.1) is 6.92 Å². The van der Waals surface area contributed by atoms with Gasteiger partial charge in [-0.3, -0.25) is 4.79 Å². The molecule has 0 bridgehead atoms. The molecule has 1 aromatic carbocycles. The first kappa shape index (κ1) is 18.3. The van der Waals surface area contributed by atoms with Gasteiger partial charge in [0.2, 0.25) is 0 Å². The Labute approximate surface area is 159 Å². The monoisotopic (exact) mass is 389 g/mol. The van der Waals surface area contributed by atoms with Gasteiger partial charge in [-0.25, -0.2) is 9.97 Å². The lowest BCUT2D eigenvalue weighted by atomic mass is 10.2. The lowest BCUT2D eigenvalue weighted by molar-refractivity contribution is 0.102. The maximum atomic E-state index is 12.8. The van der Waals surface area contributed by atoms with Crippen LogP contribution in [0.5, 0.6) is 5.75 Å². The Kier molecular flexibility index (Phi) is 5.49. The average Bonchev–Trinajstić information content (AvgIpc) is 3.15. The van der Waals surface area contributed by atoms with Gasteiger partial charge in [0, 0.05) is 5.69 Å².